The van der Waals surface area contributed by atoms with E-state index in [9.17, 15) is 0 Å². The molecule has 0 saturated heterocycles. The van der Waals surface area contributed by atoms with E-state index in [1.54, 1.807) is 0 Å². The first-order valence-corrected chi connectivity index (χ1v) is 15.4. The quantitative estimate of drug-likeness (QED) is 0.205. The molecule has 4 nitrogen and oxygen atoms in total. The maximum absolute atomic E-state index is 6.71. The molecule has 212 valence electrons. The Balaban J connectivity index is 1.45. The van der Waals surface area contributed by atoms with Crippen molar-refractivity contribution in [3.63, 3.8) is 0 Å². The molecule has 0 radical (unpaired) electrons. The van der Waals surface area contributed by atoms with Crippen LogP contribution in [0.3, 0.4) is 0 Å². The van der Waals surface area contributed by atoms with Gasteiger partial charge in [0, 0.05) is 43.5 Å². The van der Waals surface area contributed by atoms with Gasteiger partial charge in [-0.3, -0.25) is 4.57 Å². The minimum Gasteiger partial charge on any atom is -0.454 e. The first-order chi connectivity index (χ1) is 22.1. The molecule has 0 N–H and O–H groups in total. The summed E-state index contributed by atoms with van der Waals surface area (Å²) in [5.41, 5.74) is 11.7. The van der Waals surface area contributed by atoms with Crippen LogP contribution >= 0.6 is 0 Å². The van der Waals surface area contributed by atoms with Gasteiger partial charge in [-0.1, -0.05) is 123 Å². The van der Waals surface area contributed by atoms with Crippen molar-refractivity contribution in [2.45, 2.75) is 19.3 Å². The van der Waals surface area contributed by atoms with Crippen LogP contribution in [-0.4, -0.2) is 14.5 Å². The van der Waals surface area contributed by atoms with E-state index in [1.807, 2.05) is 24.3 Å². The van der Waals surface area contributed by atoms with Crippen LogP contribution in [0.2, 0.25) is 0 Å². The number of benzene rings is 6. The first kappa shape index (κ1) is 24.7. The maximum Gasteiger partial charge on any atom is 0.235 e. The highest BCUT2D eigenvalue weighted by atomic mass is 16.3. The molecule has 0 spiro atoms. The summed E-state index contributed by atoms with van der Waals surface area (Å²) in [6.45, 7) is 4.65. The minimum atomic E-state index is -0.143. The second-order valence-corrected chi connectivity index (χ2v) is 12.6. The van der Waals surface area contributed by atoms with Crippen molar-refractivity contribution in [3.8, 4) is 28.3 Å². The van der Waals surface area contributed by atoms with Gasteiger partial charge in [0.15, 0.2) is 5.58 Å². The third kappa shape index (κ3) is 3.21. The van der Waals surface area contributed by atoms with Crippen LogP contribution in [0.4, 0.5) is 0 Å². The lowest BCUT2D eigenvalue weighted by Crippen LogP contribution is -2.14. The molecule has 0 atom stereocenters. The van der Waals surface area contributed by atoms with Crippen molar-refractivity contribution in [3.05, 3.63) is 139 Å². The minimum absolute atomic E-state index is 0.143. The zero-order chi connectivity index (χ0) is 29.9. The number of aromatic nitrogens is 3. The topological polar surface area (TPSA) is 43.9 Å². The molecule has 0 bridgehead atoms. The van der Waals surface area contributed by atoms with E-state index < -0.39 is 0 Å². The molecule has 10 rings (SSSR count). The highest BCUT2D eigenvalue weighted by Crippen LogP contribution is 2.53. The van der Waals surface area contributed by atoms with Crippen LogP contribution in [0.25, 0.3) is 83.0 Å². The standard InChI is InChI=1S/C41H27N3O/c1-41(2)31-17-9-6-15-29(31)35-32(41)23-22-26-27-20-21-28-25-14-8-11-19-34(25)45-39(28)38(27)44(37(26)35)40-42-33-18-10-7-16-30(33)36(43-40)24-12-4-3-5-13-24/h3-23H,1-2H3. The van der Waals surface area contributed by atoms with E-state index in [4.69, 9.17) is 14.4 Å². The molecule has 0 fully saturated rings. The fourth-order valence-corrected chi connectivity index (χ4v) is 7.73. The van der Waals surface area contributed by atoms with Crippen LogP contribution in [-0.2, 0) is 5.41 Å². The molecule has 1 aliphatic carbocycles. The van der Waals surface area contributed by atoms with E-state index in [2.05, 4.69) is 122 Å². The highest BCUT2D eigenvalue weighted by molar-refractivity contribution is 6.23. The second-order valence-electron chi connectivity index (χ2n) is 12.6. The molecule has 3 heterocycles. The average Bonchev–Trinajstić information content (AvgIpc) is 3.71. The van der Waals surface area contributed by atoms with E-state index in [1.165, 1.54) is 22.3 Å². The number of hydrogen-bond acceptors (Lipinski definition) is 3. The Kier molecular flexibility index (Phi) is 4.76. The van der Waals surface area contributed by atoms with Gasteiger partial charge in [-0.25, -0.2) is 9.97 Å². The molecule has 0 unspecified atom stereocenters. The normalized spacial score (nSPS) is 13.7. The van der Waals surface area contributed by atoms with Crippen LogP contribution in [0.5, 0.6) is 0 Å². The smallest absolute Gasteiger partial charge is 0.235 e. The third-order valence-corrected chi connectivity index (χ3v) is 9.82. The van der Waals surface area contributed by atoms with E-state index >= 15 is 0 Å². The molecule has 4 heteroatoms. The van der Waals surface area contributed by atoms with Crippen molar-refractivity contribution >= 4 is 54.6 Å². The van der Waals surface area contributed by atoms with Crippen LogP contribution < -0.4 is 0 Å². The predicted molar refractivity (Wildman–Crippen MR) is 184 cm³/mol. The monoisotopic (exact) mass is 577 g/mol. The van der Waals surface area contributed by atoms with Gasteiger partial charge in [-0.05, 0) is 34.9 Å². The molecular formula is C41H27N3O. The Labute approximate surface area is 259 Å². The van der Waals surface area contributed by atoms with Crippen molar-refractivity contribution in [1.29, 1.82) is 0 Å². The van der Waals surface area contributed by atoms with Crippen molar-refractivity contribution < 1.29 is 4.42 Å². The zero-order valence-corrected chi connectivity index (χ0v) is 24.9. The average molecular weight is 578 g/mol. The summed E-state index contributed by atoms with van der Waals surface area (Å²) < 4.78 is 9.00. The van der Waals surface area contributed by atoms with Crippen molar-refractivity contribution in [1.82, 2.24) is 14.5 Å². The number of furan rings is 1. The fraction of sp³-hybridized carbons (Fsp3) is 0.0732. The van der Waals surface area contributed by atoms with E-state index in [0.717, 1.165) is 65.9 Å². The molecule has 3 aromatic heterocycles. The maximum atomic E-state index is 6.71. The lowest BCUT2D eigenvalue weighted by molar-refractivity contribution is 0.660. The number of rotatable bonds is 2. The Morgan fingerprint density at radius 1 is 0.556 bits per heavy atom. The summed E-state index contributed by atoms with van der Waals surface area (Å²) in [7, 11) is 0. The van der Waals surface area contributed by atoms with Gasteiger partial charge in [0.25, 0.3) is 0 Å². The summed E-state index contributed by atoms with van der Waals surface area (Å²) >= 11 is 0. The summed E-state index contributed by atoms with van der Waals surface area (Å²) in [6, 6.07) is 44.9. The summed E-state index contributed by atoms with van der Waals surface area (Å²) in [4.78, 5) is 10.7. The van der Waals surface area contributed by atoms with Gasteiger partial charge in [0.2, 0.25) is 5.95 Å². The van der Waals surface area contributed by atoms with Gasteiger partial charge >= 0.3 is 0 Å². The third-order valence-electron chi connectivity index (χ3n) is 9.82. The number of nitrogens with zero attached hydrogens (tertiary/aromatic N) is 3. The van der Waals surface area contributed by atoms with Crippen molar-refractivity contribution in [2.75, 3.05) is 0 Å². The summed E-state index contributed by atoms with van der Waals surface area (Å²) in [5.74, 6) is 0.635. The van der Waals surface area contributed by atoms with Crippen LogP contribution in [0.15, 0.2) is 132 Å². The van der Waals surface area contributed by atoms with Gasteiger partial charge in [-0.15, -0.1) is 0 Å². The molecule has 6 aromatic carbocycles. The first-order valence-electron chi connectivity index (χ1n) is 15.4. The van der Waals surface area contributed by atoms with Gasteiger partial charge in [0.05, 0.1) is 16.7 Å². The predicted octanol–water partition coefficient (Wildman–Crippen LogP) is 10.6. The molecule has 9 aromatic rings. The summed E-state index contributed by atoms with van der Waals surface area (Å²) in [5, 5.41) is 5.51. The molecule has 45 heavy (non-hydrogen) atoms. The van der Waals surface area contributed by atoms with Crippen LogP contribution in [0, 0.1) is 0 Å². The lowest BCUT2D eigenvalue weighted by Gasteiger charge is -2.21. The van der Waals surface area contributed by atoms with Gasteiger partial charge in [-0.2, -0.15) is 0 Å². The SMILES string of the molecule is CC1(C)c2ccccc2-c2c1ccc1c3ccc4c5ccccc5oc4c3n(-c3nc(-c4ccccc4)c4ccccc4n3)c21. The van der Waals surface area contributed by atoms with Crippen molar-refractivity contribution in [2.24, 2.45) is 0 Å². The molecule has 0 amide bonds. The fourth-order valence-electron chi connectivity index (χ4n) is 7.73. The largest absolute Gasteiger partial charge is 0.454 e. The number of para-hydroxylation sites is 2. The highest BCUT2D eigenvalue weighted by Gasteiger charge is 2.38. The van der Waals surface area contributed by atoms with E-state index in [0.29, 0.717) is 5.95 Å². The molecule has 0 aliphatic heterocycles. The Morgan fingerprint density at radius 2 is 1.24 bits per heavy atom. The number of hydrogen-bond donors (Lipinski definition) is 0. The van der Waals surface area contributed by atoms with Gasteiger partial charge < -0.3 is 4.42 Å². The molecular weight excluding hydrogens is 550 g/mol. The zero-order valence-electron chi connectivity index (χ0n) is 24.9. The van der Waals surface area contributed by atoms with Gasteiger partial charge in [0.1, 0.15) is 11.1 Å². The second kappa shape index (κ2) is 8.67. The molecule has 1 aliphatic rings. The van der Waals surface area contributed by atoms with Crippen LogP contribution in [0.1, 0.15) is 25.0 Å². The number of fused-ring (bicyclic) bond motifs is 12. The molecule has 0 saturated carbocycles. The Hall–Kier alpha value is -5.74. The van der Waals surface area contributed by atoms with E-state index in [-0.39, 0.29) is 5.41 Å². The summed E-state index contributed by atoms with van der Waals surface area (Å²) in [6.07, 6.45) is 0. The Morgan fingerprint density at radius 3 is 2.13 bits per heavy atom. The lowest BCUT2D eigenvalue weighted by atomic mass is 9.82. The Bertz CT molecular complexity index is 2680.